The maximum atomic E-state index is 12.6. The van der Waals surface area contributed by atoms with E-state index in [2.05, 4.69) is 25.4 Å². The molecule has 0 aliphatic carbocycles. The Bertz CT molecular complexity index is 985. The zero-order valence-corrected chi connectivity index (χ0v) is 15.9. The first-order valence-corrected chi connectivity index (χ1v) is 8.85. The molecule has 3 aromatic heterocycles. The molecule has 1 amide bonds. The van der Waals surface area contributed by atoms with E-state index in [9.17, 15) is 4.79 Å². The number of nitrogens with zero attached hydrogens (tertiary/aromatic N) is 5. The molecule has 1 atom stereocenters. The maximum absolute atomic E-state index is 12.6. The number of carbonyl (C=O) groups is 1. The molecule has 0 aromatic carbocycles. The highest BCUT2D eigenvalue weighted by Gasteiger charge is 2.33. The number of rotatable bonds is 2. The Kier molecular flexibility index (Phi) is 4.01. The molecule has 4 rings (SSSR count). The SMILES string of the molecule is Cn1ncc2c1C(Nc1ncnc3[nH]ccc13)CN(C(=O)OC(C)(C)C)C2. The second-order valence-corrected chi connectivity index (χ2v) is 7.70. The lowest BCUT2D eigenvalue weighted by Crippen LogP contribution is -2.43. The Morgan fingerprint density at radius 3 is 2.96 bits per heavy atom. The van der Waals surface area contributed by atoms with Gasteiger partial charge in [0.1, 0.15) is 23.4 Å². The van der Waals surface area contributed by atoms with Gasteiger partial charge in [0.25, 0.3) is 0 Å². The number of aryl methyl sites for hydroxylation is 1. The fourth-order valence-electron chi connectivity index (χ4n) is 3.37. The summed E-state index contributed by atoms with van der Waals surface area (Å²) in [7, 11) is 1.91. The Hall–Kier alpha value is -3.10. The molecule has 27 heavy (non-hydrogen) atoms. The molecule has 0 saturated heterocycles. The average Bonchev–Trinajstić information content (AvgIpc) is 3.21. The highest BCUT2D eigenvalue weighted by atomic mass is 16.6. The maximum Gasteiger partial charge on any atom is 0.410 e. The van der Waals surface area contributed by atoms with E-state index in [4.69, 9.17) is 4.74 Å². The van der Waals surface area contributed by atoms with Crippen molar-refractivity contribution in [3.8, 4) is 0 Å². The molecule has 1 aliphatic rings. The number of hydrogen-bond acceptors (Lipinski definition) is 6. The molecule has 0 spiro atoms. The fraction of sp³-hybridized carbons (Fsp3) is 0.444. The standard InChI is InChI=1S/C18H23N7O2/c1-18(2,3)27-17(26)25-8-11-7-22-24(4)14(11)13(9-25)23-16-12-5-6-19-15(12)20-10-21-16/h5-7,10,13H,8-9H2,1-4H3,(H2,19,20,21,23). The summed E-state index contributed by atoms with van der Waals surface area (Å²) >= 11 is 0. The molecule has 0 bridgehead atoms. The van der Waals surface area contributed by atoms with E-state index in [0.717, 1.165) is 22.3 Å². The van der Waals surface area contributed by atoms with Crippen molar-refractivity contribution in [3.63, 3.8) is 0 Å². The van der Waals surface area contributed by atoms with Crippen molar-refractivity contribution >= 4 is 22.9 Å². The van der Waals surface area contributed by atoms with E-state index < -0.39 is 5.60 Å². The van der Waals surface area contributed by atoms with Crippen LogP contribution >= 0.6 is 0 Å². The molecule has 142 valence electrons. The van der Waals surface area contributed by atoms with Gasteiger partial charge in [0.2, 0.25) is 0 Å². The van der Waals surface area contributed by atoms with Gasteiger partial charge in [-0.25, -0.2) is 14.8 Å². The molecular formula is C18H23N7O2. The van der Waals surface area contributed by atoms with Gasteiger partial charge in [0.05, 0.1) is 36.4 Å². The summed E-state index contributed by atoms with van der Waals surface area (Å²) in [5.74, 6) is 0.712. The molecule has 4 heterocycles. The van der Waals surface area contributed by atoms with Crippen LogP contribution < -0.4 is 5.32 Å². The van der Waals surface area contributed by atoms with E-state index >= 15 is 0 Å². The summed E-state index contributed by atoms with van der Waals surface area (Å²) in [6.07, 6.45) is 4.80. The highest BCUT2D eigenvalue weighted by molar-refractivity contribution is 5.86. The number of anilines is 1. The van der Waals surface area contributed by atoms with E-state index in [1.54, 1.807) is 11.1 Å². The predicted octanol–water partition coefficient (Wildman–Crippen LogP) is 2.60. The molecule has 1 unspecified atom stereocenters. The minimum absolute atomic E-state index is 0.165. The second-order valence-electron chi connectivity index (χ2n) is 7.70. The highest BCUT2D eigenvalue weighted by Crippen LogP contribution is 2.31. The van der Waals surface area contributed by atoms with Crippen molar-refractivity contribution < 1.29 is 9.53 Å². The normalized spacial score (nSPS) is 17.0. The third-order valence-corrected chi connectivity index (χ3v) is 4.48. The third-order valence-electron chi connectivity index (χ3n) is 4.48. The van der Waals surface area contributed by atoms with Crippen LogP contribution in [0.4, 0.5) is 10.6 Å². The lowest BCUT2D eigenvalue weighted by molar-refractivity contribution is 0.0209. The van der Waals surface area contributed by atoms with E-state index in [1.165, 1.54) is 6.33 Å². The van der Waals surface area contributed by atoms with Gasteiger partial charge in [-0.2, -0.15) is 5.10 Å². The van der Waals surface area contributed by atoms with Gasteiger partial charge in [-0.15, -0.1) is 0 Å². The minimum atomic E-state index is -0.542. The molecule has 1 aliphatic heterocycles. The first-order chi connectivity index (χ1) is 12.8. The first-order valence-electron chi connectivity index (χ1n) is 8.85. The third kappa shape index (κ3) is 3.32. The summed E-state index contributed by atoms with van der Waals surface area (Å²) < 4.78 is 7.40. The van der Waals surface area contributed by atoms with Crippen LogP contribution in [0.1, 0.15) is 38.1 Å². The zero-order chi connectivity index (χ0) is 19.2. The Balaban J connectivity index is 1.65. The second kappa shape index (κ2) is 6.26. The van der Waals surface area contributed by atoms with Crippen molar-refractivity contribution in [1.82, 2.24) is 29.6 Å². The van der Waals surface area contributed by atoms with Crippen LogP contribution in [0.2, 0.25) is 0 Å². The van der Waals surface area contributed by atoms with Crippen molar-refractivity contribution in [2.45, 2.75) is 39.0 Å². The topological polar surface area (TPSA) is 101 Å². The summed E-state index contributed by atoms with van der Waals surface area (Å²) in [4.78, 5) is 26.0. The predicted molar refractivity (Wildman–Crippen MR) is 100 cm³/mol. The van der Waals surface area contributed by atoms with Crippen molar-refractivity contribution in [1.29, 1.82) is 0 Å². The van der Waals surface area contributed by atoms with Gasteiger partial charge in [-0.1, -0.05) is 0 Å². The lowest BCUT2D eigenvalue weighted by Gasteiger charge is -2.35. The number of aromatic amines is 1. The molecule has 0 fully saturated rings. The quantitative estimate of drug-likeness (QED) is 0.720. The van der Waals surface area contributed by atoms with Crippen molar-refractivity contribution in [3.05, 3.63) is 36.0 Å². The summed E-state index contributed by atoms with van der Waals surface area (Å²) in [5, 5.41) is 8.73. The summed E-state index contributed by atoms with van der Waals surface area (Å²) in [6, 6.07) is 1.76. The number of ether oxygens (including phenoxy) is 1. The number of H-pyrrole nitrogens is 1. The molecule has 0 saturated carbocycles. The number of fused-ring (bicyclic) bond motifs is 2. The molecule has 3 aromatic rings. The molecule has 2 N–H and O–H groups in total. The Labute approximate surface area is 156 Å². The van der Waals surface area contributed by atoms with E-state index in [1.807, 2.05) is 44.8 Å². The monoisotopic (exact) mass is 369 g/mol. The molecular weight excluding hydrogens is 346 g/mol. The number of nitrogens with one attached hydrogen (secondary N) is 2. The Morgan fingerprint density at radius 1 is 1.37 bits per heavy atom. The van der Waals surface area contributed by atoms with Crippen LogP contribution in [0.5, 0.6) is 0 Å². The lowest BCUT2D eigenvalue weighted by atomic mass is 10.0. The fourth-order valence-corrected chi connectivity index (χ4v) is 3.37. The van der Waals surface area contributed by atoms with Gasteiger partial charge in [0, 0.05) is 18.8 Å². The molecule has 9 nitrogen and oxygen atoms in total. The summed E-state index contributed by atoms with van der Waals surface area (Å²) in [5.41, 5.74) is 2.25. The molecule has 9 heteroatoms. The van der Waals surface area contributed by atoms with Crippen molar-refractivity contribution in [2.24, 2.45) is 7.05 Å². The number of aromatic nitrogens is 5. The van der Waals surface area contributed by atoms with Gasteiger partial charge >= 0.3 is 6.09 Å². The van der Waals surface area contributed by atoms with Crippen molar-refractivity contribution in [2.75, 3.05) is 11.9 Å². The molecule has 0 radical (unpaired) electrons. The first kappa shape index (κ1) is 17.3. The average molecular weight is 369 g/mol. The van der Waals surface area contributed by atoms with Gasteiger partial charge in [-0.05, 0) is 26.8 Å². The van der Waals surface area contributed by atoms with Gasteiger partial charge in [0.15, 0.2) is 0 Å². The van der Waals surface area contributed by atoms with Crippen LogP contribution in [-0.4, -0.2) is 47.9 Å². The van der Waals surface area contributed by atoms with Crippen LogP contribution in [0.25, 0.3) is 11.0 Å². The van der Waals surface area contributed by atoms with Crippen LogP contribution in [-0.2, 0) is 18.3 Å². The number of amides is 1. The zero-order valence-electron chi connectivity index (χ0n) is 15.9. The largest absolute Gasteiger partial charge is 0.444 e. The van der Waals surface area contributed by atoms with Crippen LogP contribution in [0.15, 0.2) is 24.8 Å². The van der Waals surface area contributed by atoms with Gasteiger partial charge < -0.3 is 19.9 Å². The van der Waals surface area contributed by atoms with Crippen LogP contribution in [0, 0.1) is 0 Å². The van der Waals surface area contributed by atoms with E-state index in [0.29, 0.717) is 18.9 Å². The van der Waals surface area contributed by atoms with Crippen LogP contribution in [0.3, 0.4) is 0 Å². The number of hydrogen-bond donors (Lipinski definition) is 2. The smallest absolute Gasteiger partial charge is 0.410 e. The van der Waals surface area contributed by atoms with Gasteiger partial charge in [-0.3, -0.25) is 4.68 Å². The summed E-state index contributed by atoms with van der Waals surface area (Å²) in [6.45, 7) is 6.52. The minimum Gasteiger partial charge on any atom is -0.444 e. The number of carbonyl (C=O) groups excluding carboxylic acids is 1. The van der Waals surface area contributed by atoms with E-state index in [-0.39, 0.29) is 12.1 Å². The Morgan fingerprint density at radius 2 is 2.19 bits per heavy atom.